The Labute approximate surface area is 66.6 Å². The summed E-state index contributed by atoms with van der Waals surface area (Å²) in [6.07, 6.45) is -4.83. The zero-order valence-corrected chi connectivity index (χ0v) is 6.22. The first-order chi connectivity index (χ1) is 5.41. The molecule has 0 saturated carbocycles. The smallest absolute Gasteiger partial charge is 0.419 e. The Morgan fingerprint density at radius 1 is 1.50 bits per heavy atom. The highest BCUT2D eigenvalue weighted by atomic mass is 19.4. The summed E-state index contributed by atoms with van der Waals surface area (Å²) < 4.78 is 40.3. The molecule has 0 fully saturated rings. The molecular formula is C7H7F3O2. The van der Waals surface area contributed by atoms with E-state index in [1.54, 1.807) is 0 Å². The largest absolute Gasteiger partial charge is 0.466 e. The van der Waals surface area contributed by atoms with Crippen LogP contribution >= 0.6 is 0 Å². The van der Waals surface area contributed by atoms with Gasteiger partial charge < -0.3 is 9.52 Å². The van der Waals surface area contributed by atoms with Gasteiger partial charge in [-0.1, -0.05) is 0 Å². The molecule has 12 heavy (non-hydrogen) atoms. The predicted octanol–water partition coefficient (Wildman–Crippen LogP) is 2.35. The van der Waals surface area contributed by atoms with Gasteiger partial charge in [0.05, 0.1) is 5.56 Å². The molecule has 1 aromatic heterocycles. The molecule has 0 aliphatic heterocycles. The van der Waals surface area contributed by atoms with Crippen LogP contribution < -0.4 is 0 Å². The fourth-order valence-corrected chi connectivity index (χ4v) is 0.721. The van der Waals surface area contributed by atoms with Crippen LogP contribution in [0.3, 0.4) is 0 Å². The Morgan fingerprint density at radius 3 is 2.33 bits per heavy atom. The summed E-state index contributed by atoms with van der Waals surface area (Å²) >= 11 is 0. The minimum Gasteiger partial charge on any atom is -0.466 e. The van der Waals surface area contributed by atoms with Gasteiger partial charge in [-0.3, -0.25) is 0 Å². The van der Waals surface area contributed by atoms with E-state index in [0.29, 0.717) is 6.26 Å². The standard InChI is InChI=1S/C7H7F3O2/c1-4(11)6-2-5(3-12-6)7(8,9)10/h2-4,11H,1H3. The van der Waals surface area contributed by atoms with Gasteiger partial charge in [0.1, 0.15) is 18.1 Å². The summed E-state index contributed by atoms with van der Waals surface area (Å²) in [4.78, 5) is 0. The third kappa shape index (κ3) is 1.79. The van der Waals surface area contributed by atoms with E-state index in [2.05, 4.69) is 4.42 Å². The molecule has 0 aliphatic carbocycles. The lowest BCUT2D eigenvalue weighted by Crippen LogP contribution is -2.02. The molecule has 2 nitrogen and oxygen atoms in total. The first-order valence-corrected chi connectivity index (χ1v) is 3.25. The van der Waals surface area contributed by atoms with Gasteiger partial charge >= 0.3 is 6.18 Å². The zero-order chi connectivity index (χ0) is 9.35. The van der Waals surface area contributed by atoms with Crippen LogP contribution in [0.5, 0.6) is 0 Å². The summed E-state index contributed by atoms with van der Waals surface area (Å²) in [5.41, 5.74) is -0.876. The molecular weight excluding hydrogens is 173 g/mol. The van der Waals surface area contributed by atoms with Crippen LogP contribution in [-0.2, 0) is 6.18 Å². The van der Waals surface area contributed by atoms with Crippen LogP contribution in [0, 0.1) is 0 Å². The van der Waals surface area contributed by atoms with Crippen LogP contribution in [0.15, 0.2) is 16.7 Å². The molecule has 1 atom stereocenters. The van der Waals surface area contributed by atoms with Crippen molar-refractivity contribution in [2.75, 3.05) is 0 Å². The molecule has 1 N–H and O–H groups in total. The second kappa shape index (κ2) is 2.82. The summed E-state index contributed by atoms with van der Waals surface area (Å²) in [6, 6.07) is 0.782. The van der Waals surface area contributed by atoms with Crippen molar-refractivity contribution in [1.82, 2.24) is 0 Å². The Bertz CT molecular complexity index is 262. The second-order valence-corrected chi connectivity index (χ2v) is 2.41. The number of alkyl halides is 3. The molecule has 1 heterocycles. The Balaban J connectivity index is 2.92. The van der Waals surface area contributed by atoms with Crippen LogP contribution in [0.2, 0.25) is 0 Å². The summed E-state index contributed by atoms with van der Waals surface area (Å²) in [5.74, 6) is -0.0812. The highest BCUT2D eigenvalue weighted by Gasteiger charge is 2.32. The van der Waals surface area contributed by atoms with Crippen LogP contribution in [0.4, 0.5) is 13.2 Å². The molecule has 0 aromatic carbocycles. The van der Waals surface area contributed by atoms with E-state index in [4.69, 9.17) is 5.11 Å². The number of hydrogen-bond donors (Lipinski definition) is 1. The van der Waals surface area contributed by atoms with Crippen molar-refractivity contribution in [1.29, 1.82) is 0 Å². The van der Waals surface area contributed by atoms with Gasteiger partial charge in [-0.15, -0.1) is 0 Å². The topological polar surface area (TPSA) is 33.4 Å². The maximum atomic E-state index is 11.9. The lowest BCUT2D eigenvalue weighted by atomic mass is 10.2. The highest BCUT2D eigenvalue weighted by molar-refractivity contribution is 5.17. The Hall–Kier alpha value is -0.970. The number of aliphatic hydroxyl groups excluding tert-OH is 1. The lowest BCUT2D eigenvalue weighted by Gasteiger charge is -1.99. The van der Waals surface area contributed by atoms with Crippen molar-refractivity contribution in [3.05, 3.63) is 23.7 Å². The van der Waals surface area contributed by atoms with E-state index in [-0.39, 0.29) is 5.76 Å². The average molecular weight is 180 g/mol. The Morgan fingerprint density at radius 2 is 2.08 bits per heavy atom. The summed E-state index contributed by atoms with van der Waals surface area (Å²) in [7, 11) is 0. The van der Waals surface area contributed by atoms with Crippen molar-refractivity contribution in [3.63, 3.8) is 0 Å². The molecule has 1 unspecified atom stereocenters. The monoisotopic (exact) mass is 180 g/mol. The molecule has 0 aliphatic rings. The van der Waals surface area contributed by atoms with Gasteiger partial charge in [0, 0.05) is 0 Å². The van der Waals surface area contributed by atoms with E-state index in [9.17, 15) is 13.2 Å². The van der Waals surface area contributed by atoms with Crippen molar-refractivity contribution in [2.45, 2.75) is 19.2 Å². The molecule has 0 radical (unpaired) electrons. The number of furan rings is 1. The number of rotatable bonds is 1. The molecule has 5 heteroatoms. The second-order valence-electron chi connectivity index (χ2n) is 2.41. The van der Waals surface area contributed by atoms with Gasteiger partial charge in [0.25, 0.3) is 0 Å². The summed E-state index contributed by atoms with van der Waals surface area (Å²) in [5, 5.41) is 8.84. The maximum Gasteiger partial charge on any atom is 0.419 e. The van der Waals surface area contributed by atoms with Crippen molar-refractivity contribution in [2.24, 2.45) is 0 Å². The minimum absolute atomic E-state index is 0.0812. The molecule has 0 amide bonds. The van der Waals surface area contributed by atoms with Crippen molar-refractivity contribution in [3.8, 4) is 0 Å². The molecule has 0 spiro atoms. The quantitative estimate of drug-likeness (QED) is 0.719. The maximum absolute atomic E-state index is 11.9. The predicted molar refractivity (Wildman–Crippen MR) is 34.3 cm³/mol. The van der Waals surface area contributed by atoms with Gasteiger partial charge in [-0.05, 0) is 13.0 Å². The third-order valence-electron chi connectivity index (χ3n) is 1.36. The molecule has 1 rings (SSSR count). The van der Waals surface area contributed by atoms with Crippen LogP contribution in [0.25, 0.3) is 0 Å². The van der Waals surface area contributed by atoms with Gasteiger partial charge in [-0.2, -0.15) is 13.2 Å². The van der Waals surface area contributed by atoms with E-state index >= 15 is 0 Å². The van der Waals surface area contributed by atoms with Gasteiger partial charge in [-0.25, -0.2) is 0 Å². The van der Waals surface area contributed by atoms with Gasteiger partial charge in [0.2, 0.25) is 0 Å². The number of halogens is 3. The minimum atomic E-state index is -4.41. The first-order valence-electron chi connectivity index (χ1n) is 3.25. The lowest BCUT2D eigenvalue weighted by molar-refractivity contribution is -0.137. The van der Waals surface area contributed by atoms with E-state index in [0.717, 1.165) is 6.07 Å². The zero-order valence-electron chi connectivity index (χ0n) is 6.22. The van der Waals surface area contributed by atoms with Gasteiger partial charge in [0.15, 0.2) is 0 Å². The fraction of sp³-hybridized carbons (Fsp3) is 0.429. The Kier molecular flexibility index (Phi) is 2.14. The molecule has 68 valence electrons. The molecule has 0 saturated heterocycles. The number of aliphatic hydroxyl groups is 1. The highest BCUT2D eigenvalue weighted by Crippen LogP contribution is 2.31. The molecule has 1 aromatic rings. The normalized spacial score (nSPS) is 14.8. The fourth-order valence-electron chi connectivity index (χ4n) is 0.721. The van der Waals surface area contributed by atoms with Crippen molar-refractivity contribution >= 4 is 0 Å². The first kappa shape index (κ1) is 9.12. The van der Waals surface area contributed by atoms with Crippen LogP contribution in [0.1, 0.15) is 24.4 Å². The van der Waals surface area contributed by atoms with Crippen LogP contribution in [-0.4, -0.2) is 5.11 Å². The SMILES string of the molecule is CC(O)c1cc(C(F)(F)F)co1. The van der Waals surface area contributed by atoms with E-state index < -0.39 is 17.8 Å². The average Bonchev–Trinajstić information content (AvgIpc) is 2.30. The van der Waals surface area contributed by atoms with E-state index in [1.165, 1.54) is 6.92 Å². The summed E-state index contributed by atoms with van der Waals surface area (Å²) in [6.45, 7) is 1.33. The van der Waals surface area contributed by atoms with Crippen molar-refractivity contribution < 1.29 is 22.7 Å². The van der Waals surface area contributed by atoms with E-state index in [1.807, 2.05) is 0 Å². The molecule has 0 bridgehead atoms. The third-order valence-corrected chi connectivity index (χ3v) is 1.36. The number of hydrogen-bond acceptors (Lipinski definition) is 2.